The molecule has 3 rings (SSSR count). The van der Waals surface area contributed by atoms with Crippen molar-refractivity contribution in [3.8, 4) is 5.75 Å². The summed E-state index contributed by atoms with van der Waals surface area (Å²) in [6, 6.07) is 14.2. The molecule has 2 aromatic rings. The molecule has 154 valence electrons. The van der Waals surface area contributed by atoms with Crippen LogP contribution >= 0.6 is 0 Å². The van der Waals surface area contributed by atoms with Crippen molar-refractivity contribution in [2.24, 2.45) is 5.92 Å². The largest absolute Gasteiger partial charge is 0.496 e. The predicted molar refractivity (Wildman–Crippen MR) is 116 cm³/mol. The molecular formula is C23H29N3O3. The van der Waals surface area contributed by atoms with Crippen LogP contribution in [-0.2, 0) is 4.79 Å². The molecule has 0 aliphatic carbocycles. The van der Waals surface area contributed by atoms with Gasteiger partial charge in [-0.15, -0.1) is 0 Å². The number of hydrogen-bond donors (Lipinski definition) is 2. The number of methoxy groups -OCH3 is 1. The molecule has 1 heterocycles. The molecule has 1 saturated heterocycles. The zero-order chi connectivity index (χ0) is 20.8. The van der Waals surface area contributed by atoms with Crippen molar-refractivity contribution in [3.63, 3.8) is 0 Å². The van der Waals surface area contributed by atoms with Crippen molar-refractivity contribution >= 4 is 23.2 Å². The number of carbonyl (C=O) groups is 2. The maximum absolute atomic E-state index is 12.8. The average molecular weight is 396 g/mol. The molecule has 0 bridgehead atoms. The summed E-state index contributed by atoms with van der Waals surface area (Å²) in [4.78, 5) is 27.9. The van der Waals surface area contributed by atoms with Crippen LogP contribution in [0.3, 0.4) is 0 Å². The van der Waals surface area contributed by atoms with Gasteiger partial charge in [-0.1, -0.05) is 26.0 Å². The smallest absolute Gasteiger partial charge is 0.255 e. The average Bonchev–Trinajstić information content (AvgIpc) is 3.27. The van der Waals surface area contributed by atoms with E-state index in [1.54, 1.807) is 24.3 Å². The van der Waals surface area contributed by atoms with Gasteiger partial charge in [-0.2, -0.15) is 0 Å². The molecule has 2 amide bonds. The first-order valence-electron chi connectivity index (χ1n) is 10.1. The summed E-state index contributed by atoms with van der Waals surface area (Å²) >= 11 is 0. The molecule has 2 N–H and O–H groups in total. The van der Waals surface area contributed by atoms with Crippen LogP contribution in [0.4, 0.5) is 11.4 Å². The van der Waals surface area contributed by atoms with Gasteiger partial charge in [0.2, 0.25) is 5.91 Å². The van der Waals surface area contributed by atoms with Crippen LogP contribution < -0.4 is 20.3 Å². The SMILES string of the molecule is COc1ccccc1C(=O)N[C@@H](C(=O)Nc1ccc(N2CCCC2)cc1)C(C)C. The first-order valence-corrected chi connectivity index (χ1v) is 10.1. The summed E-state index contributed by atoms with van der Waals surface area (Å²) in [6.45, 7) is 5.97. The highest BCUT2D eigenvalue weighted by Gasteiger charge is 2.26. The van der Waals surface area contributed by atoms with Crippen LogP contribution in [0.15, 0.2) is 48.5 Å². The minimum absolute atomic E-state index is 0.0717. The lowest BCUT2D eigenvalue weighted by molar-refractivity contribution is -0.118. The van der Waals surface area contributed by atoms with E-state index in [0.717, 1.165) is 18.8 Å². The fourth-order valence-electron chi connectivity index (χ4n) is 3.54. The molecule has 0 spiro atoms. The molecule has 1 fully saturated rings. The van der Waals surface area contributed by atoms with Gasteiger partial charge >= 0.3 is 0 Å². The van der Waals surface area contributed by atoms with Crippen molar-refractivity contribution in [2.75, 3.05) is 30.4 Å². The lowest BCUT2D eigenvalue weighted by atomic mass is 10.0. The summed E-state index contributed by atoms with van der Waals surface area (Å²) in [7, 11) is 1.52. The van der Waals surface area contributed by atoms with Crippen molar-refractivity contribution in [2.45, 2.75) is 32.7 Å². The first kappa shape index (κ1) is 20.7. The maximum Gasteiger partial charge on any atom is 0.255 e. The number of carbonyl (C=O) groups excluding carboxylic acids is 2. The highest BCUT2D eigenvalue weighted by atomic mass is 16.5. The normalized spacial score (nSPS) is 14.6. The molecule has 29 heavy (non-hydrogen) atoms. The Balaban J connectivity index is 1.67. The highest BCUT2D eigenvalue weighted by Crippen LogP contribution is 2.22. The maximum atomic E-state index is 12.8. The molecule has 1 aliphatic rings. The third-order valence-electron chi connectivity index (χ3n) is 5.19. The van der Waals surface area contributed by atoms with Gasteiger partial charge in [0.05, 0.1) is 12.7 Å². The molecule has 6 heteroatoms. The number of anilines is 2. The zero-order valence-corrected chi connectivity index (χ0v) is 17.3. The van der Waals surface area contributed by atoms with Crippen molar-refractivity contribution in [1.82, 2.24) is 5.32 Å². The zero-order valence-electron chi connectivity index (χ0n) is 17.3. The number of nitrogens with one attached hydrogen (secondary N) is 2. The fourth-order valence-corrected chi connectivity index (χ4v) is 3.54. The van der Waals surface area contributed by atoms with Crippen LogP contribution in [0.1, 0.15) is 37.0 Å². The number of hydrogen-bond acceptors (Lipinski definition) is 4. The minimum atomic E-state index is -0.661. The van der Waals surface area contributed by atoms with Gasteiger partial charge in [0.25, 0.3) is 5.91 Å². The Labute approximate surface area is 172 Å². The topological polar surface area (TPSA) is 70.7 Å². The molecule has 6 nitrogen and oxygen atoms in total. The van der Waals surface area contributed by atoms with Crippen LogP contribution in [0.25, 0.3) is 0 Å². The van der Waals surface area contributed by atoms with Crippen molar-refractivity contribution < 1.29 is 14.3 Å². The van der Waals surface area contributed by atoms with Gasteiger partial charge in [-0.25, -0.2) is 0 Å². The lowest BCUT2D eigenvalue weighted by Crippen LogP contribution is -2.47. The van der Waals surface area contributed by atoms with Crippen molar-refractivity contribution in [1.29, 1.82) is 0 Å². The van der Waals surface area contributed by atoms with E-state index in [1.165, 1.54) is 25.6 Å². The Morgan fingerprint density at radius 1 is 1.00 bits per heavy atom. The Hall–Kier alpha value is -3.02. The number of ether oxygens (including phenoxy) is 1. The summed E-state index contributed by atoms with van der Waals surface area (Å²) in [5.74, 6) is -0.166. The molecule has 1 aliphatic heterocycles. The Kier molecular flexibility index (Phi) is 6.75. The summed E-state index contributed by atoms with van der Waals surface area (Å²) in [6.07, 6.45) is 2.45. The van der Waals surface area contributed by atoms with Gasteiger partial charge in [-0.3, -0.25) is 9.59 Å². The van der Waals surface area contributed by atoms with E-state index in [1.807, 2.05) is 38.1 Å². The molecule has 0 saturated carbocycles. The third-order valence-corrected chi connectivity index (χ3v) is 5.19. The summed E-state index contributed by atoms with van der Waals surface area (Å²) < 4.78 is 5.25. The molecular weight excluding hydrogens is 366 g/mol. The van der Waals surface area contributed by atoms with Gasteiger partial charge in [-0.05, 0) is 55.2 Å². The standard InChI is InChI=1S/C23H29N3O3/c1-16(2)21(25-22(27)19-8-4-5-9-20(19)29-3)23(28)24-17-10-12-18(13-11-17)26-14-6-7-15-26/h4-5,8-13,16,21H,6-7,14-15H2,1-3H3,(H,24,28)(H,25,27)/t21-/m1/s1. The van der Waals surface area contributed by atoms with Crippen LogP contribution in [0, 0.1) is 5.92 Å². The minimum Gasteiger partial charge on any atom is -0.496 e. The van der Waals surface area contributed by atoms with Gasteiger partial charge in [0.15, 0.2) is 0 Å². The summed E-state index contributed by atoms with van der Waals surface area (Å²) in [5.41, 5.74) is 2.30. The van der Waals surface area contributed by atoms with E-state index >= 15 is 0 Å². The van der Waals surface area contributed by atoms with E-state index in [-0.39, 0.29) is 17.7 Å². The first-order chi connectivity index (χ1) is 14.0. The number of nitrogens with zero attached hydrogens (tertiary/aromatic N) is 1. The second-order valence-electron chi connectivity index (χ2n) is 7.63. The number of benzene rings is 2. The van der Waals surface area contributed by atoms with E-state index in [9.17, 15) is 9.59 Å². The Morgan fingerprint density at radius 3 is 2.28 bits per heavy atom. The Bertz CT molecular complexity index is 843. The molecule has 2 aromatic carbocycles. The molecule has 1 atom stereocenters. The second kappa shape index (κ2) is 9.45. The monoisotopic (exact) mass is 395 g/mol. The predicted octanol–water partition coefficient (Wildman–Crippen LogP) is 3.69. The van der Waals surface area contributed by atoms with E-state index in [0.29, 0.717) is 11.3 Å². The molecule has 0 aromatic heterocycles. The third kappa shape index (κ3) is 5.08. The highest BCUT2D eigenvalue weighted by molar-refractivity contribution is 6.02. The van der Waals surface area contributed by atoms with Crippen LogP contribution in [0.2, 0.25) is 0 Å². The molecule has 0 radical (unpaired) electrons. The van der Waals surface area contributed by atoms with E-state index in [4.69, 9.17) is 4.74 Å². The van der Waals surface area contributed by atoms with E-state index in [2.05, 4.69) is 15.5 Å². The number of rotatable bonds is 7. The summed E-state index contributed by atoms with van der Waals surface area (Å²) in [5, 5.41) is 5.77. The number of para-hydroxylation sites is 1. The van der Waals surface area contributed by atoms with Gasteiger partial charge in [0, 0.05) is 24.5 Å². The number of amides is 2. The quantitative estimate of drug-likeness (QED) is 0.750. The second-order valence-corrected chi connectivity index (χ2v) is 7.63. The molecule has 0 unspecified atom stereocenters. The van der Waals surface area contributed by atoms with Gasteiger partial charge in [0.1, 0.15) is 11.8 Å². The van der Waals surface area contributed by atoms with Crippen molar-refractivity contribution in [3.05, 3.63) is 54.1 Å². The van der Waals surface area contributed by atoms with Crippen LogP contribution in [-0.4, -0.2) is 38.1 Å². The fraction of sp³-hybridized carbons (Fsp3) is 0.391. The lowest BCUT2D eigenvalue weighted by Gasteiger charge is -2.23. The van der Waals surface area contributed by atoms with E-state index < -0.39 is 6.04 Å². The van der Waals surface area contributed by atoms with Gasteiger partial charge < -0.3 is 20.3 Å². The van der Waals surface area contributed by atoms with Crippen LogP contribution in [0.5, 0.6) is 5.75 Å². The Morgan fingerprint density at radius 2 is 1.66 bits per heavy atom.